The molecule has 0 radical (unpaired) electrons. The maximum Gasteiger partial charge on any atom is 0.234 e. The summed E-state index contributed by atoms with van der Waals surface area (Å²) >= 11 is 0. The van der Waals surface area contributed by atoms with Crippen LogP contribution < -0.4 is 11.1 Å². The first-order chi connectivity index (χ1) is 8.27. The fourth-order valence-electron chi connectivity index (χ4n) is 3.19. The Kier molecular flexibility index (Phi) is 4.80. The number of rotatable bonds is 4. The fraction of sp³-hybridized carbons (Fsp3) is 0.923. The third-order valence-electron chi connectivity index (χ3n) is 4.18. The van der Waals surface area contributed by atoms with Crippen molar-refractivity contribution in [2.45, 2.75) is 44.6 Å². The van der Waals surface area contributed by atoms with Gasteiger partial charge in [-0.05, 0) is 25.3 Å². The van der Waals surface area contributed by atoms with Gasteiger partial charge in [0.15, 0.2) is 0 Å². The van der Waals surface area contributed by atoms with Gasteiger partial charge in [-0.3, -0.25) is 9.69 Å². The molecule has 0 spiro atoms. The summed E-state index contributed by atoms with van der Waals surface area (Å²) in [6.45, 7) is 4.01. The van der Waals surface area contributed by atoms with E-state index < -0.39 is 0 Å². The van der Waals surface area contributed by atoms with Crippen LogP contribution in [0.4, 0.5) is 0 Å². The second-order valence-corrected chi connectivity index (χ2v) is 5.44. The largest absolute Gasteiger partial charge is 0.368 e. The van der Waals surface area contributed by atoms with Crippen LogP contribution in [-0.4, -0.2) is 43.0 Å². The minimum atomic E-state index is -0.126. The Morgan fingerprint density at radius 2 is 2.00 bits per heavy atom. The van der Waals surface area contributed by atoms with Crippen molar-refractivity contribution in [3.8, 4) is 0 Å². The zero-order valence-corrected chi connectivity index (χ0v) is 10.7. The van der Waals surface area contributed by atoms with E-state index in [4.69, 9.17) is 5.73 Å². The summed E-state index contributed by atoms with van der Waals surface area (Å²) in [7, 11) is 0. The molecule has 98 valence electrons. The highest BCUT2D eigenvalue weighted by molar-refractivity contribution is 5.79. The fourth-order valence-corrected chi connectivity index (χ4v) is 3.19. The standard InChI is InChI=1S/C13H25N3O/c14-13(17)12(10-11-4-1-2-5-11)16-8-3-6-15-7-9-16/h11-12,15H,1-10H2,(H2,14,17). The van der Waals surface area contributed by atoms with Gasteiger partial charge in [-0.2, -0.15) is 0 Å². The zero-order chi connectivity index (χ0) is 12.1. The van der Waals surface area contributed by atoms with Gasteiger partial charge in [0.2, 0.25) is 5.91 Å². The second kappa shape index (κ2) is 6.36. The maximum absolute atomic E-state index is 11.7. The summed E-state index contributed by atoms with van der Waals surface area (Å²) in [5.74, 6) is 0.600. The Hall–Kier alpha value is -0.610. The molecule has 1 atom stereocenters. The molecule has 1 aliphatic carbocycles. The molecule has 17 heavy (non-hydrogen) atoms. The first kappa shape index (κ1) is 12.8. The van der Waals surface area contributed by atoms with E-state index in [1.807, 2.05) is 0 Å². The molecule has 2 aliphatic rings. The lowest BCUT2D eigenvalue weighted by molar-refractivity contribution is -0.123. The highest BCUT2D eigenvalue weighted by atomic mass is 16.1. The highest BCUT2D eigenvalue weighted by Crippen LogP contribution is 2.29. The predicted octanol–water partition coefficient (Wildman–Crippen LogP) is 0.716. The molecule has 2 fully saturated rings. The molecule has 0 aromatic rings. The molecule has 1 heterocycles. The van der Waals surface area contributed by atoms with E-state index in [1.165, 1.54) is 25.7 Å². The van der Waals surface area contributed by atoms with Crippen LogP contribution in [0.15, 0.2) is 0 Å². The first-order valence-corrected chi connectivity index (χ1v) is 7.01. The number of hydrogen-bond acceptors (Lipinski definition) is 3. The smallest absolute Gasteiger partial charge is 0.234 e. The average Bonchev–Trinajstić information content (AvgIpc) is 2.67. The van der Waals surface area contributed by atoms with E-state index in [1.54, 1.807) is 0 Å². The van der Waals surface area contributed by atoms with E-state index >= 15 is 0 Å². The van der Waals surface area contributed by atoms with Gasteiger partial charge < -0.3 is 11.1 Å². The van der Waals surface area contributed by atoms with Crippen molar-refractivity contribution in [3.63, 3.8) is 0 Å². The summed E-state index contributed by atoms with van der Waals surface area (Å²) in [6.07, 6.45) is 7.34. The molecular weight excluding hydrogens is 214 g/mol. The monoisotopic (exact) mass is 239 g/mol. The lowest BCUT2D eigenvalue weighted by Crippen LogP contribution is -2.47. The van der Waals surface area contributed by atoms with Crippen molar-refractivity contribution in [2.24, 2.45) is 11.7 Å². The molecule has 2 rings (SSSR count). The van der Waals surface area contributed by atoms with Crippen LogP contribution in [0.25, 0.3) is 0 Å². The predicted molar refractivity (Wildman–Crippen MR) is 68.6 cm³/mol. The van der Waals surface area contributed by atoms with Crippen LogP contribution in [0.2, 0.25) is 0 Å². The number of carbonyl (C=O) groups is 1. The van der Waals surface area contributed by atoms with Gasteiger partial charge in [-0.1, -0.05) is 25.7 Å². The van der Waals surface area contributed by atoms with Gasteiger partial charge in [-0.15, -0.1) is 0 Å². The SMILES string of the molecule is NC(=O)C(CC1CCCC1)N1CCCNCC1. The van der Waals surface area contributed by atoms with Crippen LogP contribution in [-0.2, 0) is 4.79 Å². The van der Waals surface area contributed by atoms with Gasteiger partial charge in [0.05, 0.1) is 6.04 Å². The van der Waals surface area contributed by atoms with E-state index in [0.717, 1.165) is 44.9 Å². The minimum Gasteiger partial charge on any atom is -0.368 e. The van der Waals surface area contributed by atoms with Crippen molar-refractivity contribution in [1.82, 2.24) is 10.2 Å². The number of nitrogens with zero attached hydrogens (tertiary/aromatic N) is 1. The van der Waals surface area contributed by atoms with E-state index in [-0.39, 0.29) is 11.9 Å². The summed E-state index contributed by atoms with van der Waals surface area (Å²) in [5.41, 5.74) is 5.60. The van der Waals surface area contributed by atoms with Crippen LogP contribution in [0, 0.1) is 5.92 Å². The molecule has 4 heteroatoms. The van der Waals surface area contributed by atoms with Crippen LogP contribution in [0.1, 0.15) is 38.5 Å². The summed E-state index contributed by atoms with van der Waals surface area (Å²) in [6, 6.07) is -0.0296. The van der Waals surface area contributed by atoms with Crippen molar-refractivity contribution in [3.05, 3.63) is 0 Å². The minimum absolute atomic E-state index is 0.0296. The van der Waals surface area contributed by atoms with Crippen LogP contribution >= 0.6 is 0 Å². The van der Waals surface area contributed by atoms with Gasteiger partial charge in [0, 0.05) is 19.6 Å². The number of nitrogens with one attached hydrogen (secondary N) is 1. The van der Waals surface area contributed by atoms with Crippen molar-refractivity contribution >= 4 is 5.91 Å². The summed E-state index contributed by atoms with van der Waals surface area (Å²) in [5, 5.41) is 3.37. The molecule has 1 amide bonds. The molecule has 3 N–H and O–H groups in total. The highest BCUT2D eigenvalue weighted by Gasteiger charge is 2.28. The van der Waals surface area contributed by atoms with Gasteiger partial charge in [0.1, 0.15) is 0 Å². The van der Waals surface area contributed by atoms with Crippen LogP contribution in [0.5, 0.6) is 0 Å². The molecule has 1 saturated heterocycles. The van der Waals surface area contributed by atoms with Crippen molar-refractivity contribution in [1.29, 1.82) is 0 Å². The average molecular weight is 239 g/mol. The van der Waals surface area contributed by atoms with Gasteiger partial charge >= 0.3 is 0 Å². The van der Waals surface area contributed by atoms with E-state index in [9.17, 15) is 4.79 Å². The Labute approximate surface area is 104 Å². The van der Waals surface area contributed by atoms with Crippen molar-refractivity contribution < 1.29 is 4.79 Å². The summed E-state index contributed by atoms with van der Waals surface area (Å²) in [4.78, 5) is 14.0. The Morgan fingerprint density at radius 3 is 2.71 bits per heavy atom. The van der Waals surface area contributed by atoms with Gasteiger partial charge in [-0.25, -0.2) is 0 Å². The van der Waals surface area contributed by atoms with Gasteiger partial charge in [0.25, 0.3) is 0 Å². The van der Waals surface area contributed by atoms with E-state index in [2.05, 4.69) is 10.2 Å². The molecule has 1 saturated carbocycles. The third-order valence-corrected chi connectivity index (χ3v) is 4.18. The molecule has 0 bridgehead atoms. The van der Waals surface area contributed by atoms with Crippen molar-refractivity contribution in [2.75, 3.05) is 26.2 Å². The topological polar surface area (TPSA) is 58.4 Å². The third kappa shape index (κ3) is 3.68. The molecule has 0 aromatic carbocycles. The lowest BCUT2D eigenvalue weighted by atomic mass is 9.97. The first-order valence-electron chi connectivity index (χ1n) is 7.01. The second-order valence-electron chi connectivity index (χ2n) is 5.44. The maximum atomic E-state index is 11.7. The Bertz CT molecular complexity index is 243. The molecule has 1 aliphatic heterocycles. The number of amides is 1. The van der Waals surface area contributed by atoms with Crippen LogP contribution in [0.3, 0.4) is 0 Å². The summed E-state index contributed by atoms with van der Waals surface area (Å²) < 4.78 is 0. The van der Waals surface area contributed by atoms with E-state index in [0.29, 0.717) is 0 Å². The molecular formula is C13H25N3O. The zero-order valence-electron chi connectivity index (χ0n) is 10.7. The molecule has 1 unspecified atom stereocenters. The number of nitrogens with two attached hydrogens (primary N) is 1. The normalized spacial score (nSPS) is 25.6. The quantitative estimate of drug-likeness (QED) is 0.760. The number of carbonyl (C=O) groups excluding carboxylic acids is 1. The molecule has 0 aromatic heterocycles. The molecule has 4 nitrogen and oxygen atoms in total. The number of hydrogen-bond donors (Lipinski definition) is 2. The Morgan fingerprint density at radius 1 is 1.24 bits per heavy atom. The Balaban J connectivity index is 1.92. The lowest BCUT2D eigenvalue weighted by Gasteiger charge is -2.29. The number of primary amides is 1.